The van der Waals surface area contributed by atoms with Crippen LogP contribution in [0.15, 0.2) is 52.9 Å². The molecule has 4 aromatic rings. The molecule has 0 aliphatic rings. The van der Waals surface area contributed by atoms with Gasteiger partial charge in [-0.15, -0.1) is 0 Å². The molecule has 0 aliphatic heterocycles. The van der Waals surface area contributed by atoms with E-state index in [1.165, 1.54) is 25.3 Å². The zero-order valence-electron chi connectivity index (χ0n) is 17.4. The van der Waals surface area contributed by atoms with Crippen LogP contribution in [0, 0.1) is 6.92 Å². The number of methoxy groups -OCH3 is 1. The minimum atomic E-state index is -0.512. The molecule has 1 aromatic heterocycles. The van der Waals surface area contributed by atoms with Gasteiger partial charge >= 0.3 is 0 Å². The molecule has 3 N–H and O–H groups in total. The van der Waals surface area contributed by atoms with E-state index in [9.17, 15) is 9.90 Å². The van der Waals surface area contributed by atoms with Crippen LogP contribution in [-0.4, -0.2) is 28.2 Å². The smallest absolute Gasteiger partial charge is 0.257 e. The van der Waals surface area contributed by atoms with Crippen LogP contribution in [0.4, 0.5) is 5.69 Å². The molecule has 0 saturated carbocycles. The van der Waals surface area contributed by atoms with Crippen molar-refractivity contribution >= 4 is 63.2 Å². The fourth-order valence-electron chi connectivity index (χ4n) is 3.16. The number of halogens is 2. The van der Waals surface area contributed by atoms with Gasteiger partial charge in [-0.05, 0) is 61.1 Å². The summed E-state index contributed by atoms with van der Waals surface area (Å²) in [6.07, 6.45) is 0. The molecule has 0 radical (unpaired) electrons. The first-order valence-corrected chi connectivity index (χ1v) is 10.8. The summed E-state index contributed by atoms with van der Waals surface area (Å²) in [7, 11) is 1.43. The summed E-state index contributed by atoms with van der Waals surface area (Å²) in [6.45, 7) is 1.96. The fraction of sp³-hybridized carbons (Fsp3) is 0.0870. The lowest BCUT2D eigenvalue weighted by Gasteiger charge is -2.12. The number of nitrogens with zero attached hydrogens (tertiary/aromatic N) is 1. The van der Waals surface area contributed by atoms with Gasteiger partial charge < -0.3 is 19.6 Å². The number of aromatic nitrogens is 1. The fourth-order valence-corrected chi connectivity index (χ4v) is 4.01. The number of fused-ring (bicyclic) bond motifs is 1. The van der Waals surface area contributed by atoms with Crippen molar-refractivity contribution in [3.05, 3.63) is 69.7 Å². The normalized spacial score (nSPS) is 10.8. The first-order valence-electron chi connectivity index (χ1n) is 9.61. The maximum absolute atomic E-state index is 12.5. The lowest BCUT2D eigenvalue weighted by atomic mass is 10.2. The minimum Gasteiger partial charge on any atom is -0.507 e. The van der Waals surface area contributed by atoms with Gasteiger partial charge in [0.2, 0.25) is 5.89 Å². The van der Waals surface area contributed by atoms with Gasteiger partial charge in [-0.1, -0.05) is 29.3 Å². The number of phenols is 1. The number of aromatic hydroxyl groups is 1. The monoisotopic (exact) mass is 501 g/mol. The van der Waals surface area contributed by atoms with E-state index in [0.717, 1.165) is 5.56 Å². The number of phenolic OH excluding ortho intramolecular Hbond substituents is 1. The Hall–Kier alpha value is -3.33. The number of benzene rings is 3. The van der Waals surface area contributed by atoms with Crippen LogP contribution in [0.1, 0.15) is 15.9 Å². The quantitative estimate of drug-likeness (QED) is 0.297. The zero-order valence-corrected chi connectivity index (χ0v) is 19.7. The molecule has 0 fully saturated rings. The molecule has 33 heavy (non-hydrogen) atoms. The third kappa shape index (κ3) is 4.88. The first-order chi connectivity index (χ1) is 15.7. The van der Waals surface area contributed by atoms with E-state index >= 15 is 0 Å². The van der Waals surface area contributed by atoms with E-state index in [-0.39, 0.29) is 32.2 Å². The van der Waals surface area contributed by atoms with E-state index in [2.05, 4.69) is 15.6 Å². The van der Waals surface area contributed by atoms with Crippen molar-refractivity contribution in [2.24, 2.45) is 0 Å². The van der Waals surface area contributed by atoms with Crippen molar-refractivity contribution in [2.45, 2.75) is 6.92 Å². The Kier molecular flexibility index (Phi) is 6.42. The van der Waals surface area contributed by atoms with Gasteiger partial charge in [0.15, 0.2) is 16.4 Å². The van der Waals surface area contributed by atoms with E-state index in [0.29, 0.717) is 28.2 Å². The van der Waals surface area contributed by atoms with Gasteiger partial charge in [0.25, 0.3) is 5.91 Å². The number of rotatable bonds is 4. The first kappa shape index (κ1) is 22.8. The molecule has 10 heteroatoms. The SMILES string of the molecule is COc1c(Cl)cc(C(=O)NC(=S)Nc2ccc(-c3nc4ccc(C)cc4o3)c(O)c2)cc1Cl. The summed E-state index contributed by atoms with van der Waals surface area (Å²) < 4.78 is 10.8. The molecule has 1 amide bonds. The Morgan fingerprint density at radius 3 is 2.52 bits per heavy atom. The number of oxazole rings is 1. The van der Waals surface area contributed by atoms with Crippen molar-refractivity contribution in [1.82, 2.24) is 10.3 Å². The Morgan fingerprint density at radius 1 is 1.12 bits per heavy atom. The highest BCUT2D eigenvalue weighted by atomic mass is 35.5. The maximum Gasteiger partial charge on any atom is 0.257 e. The molecule has 7 nitrogen and oxygen atoms in total. The van der Waals surface area contributed by atoms with Crippen molar-refractivity contribution in [3.63, 3.8) is 0 Å². The van der Waals surface area contributed by atoms with Gasteiger partial charge in [0, 0.05) is 17.3 Å². The summed E-state index contributed by atoms with van der Waals surface area (Å²) in [4.78, 5) is 16.9. The standard InChI is InChI=1S/C23H17Cl2N3O4S/c1-11-3-6-17-19(7-11)32-22(27-17)14-5-4-13(10-18(14)29)26-23(33)28-21(30)12-8-15(24)20(31-2)16(25)9-12/h3-10,29H,1-2H3,(H2,26,28,30,33). The highest BCUT2D eigenvalue weighted by Gasteiger charge is 2.16. The molecular formula is C23H17Cl2N3O4S. The van der Waals surface area contributed by atoms with E-state index < -0.39 is 5.91 Å². The van der Waals surface area contributed by atoms with Crippen molar-refractivity contribution in [1.29, 1.82) is 0 Å². The molecule has 168 valence electrons. The predicted octanol–water partition coefficient (Wildman–Crippen LogP) is 5.95. The van der Waals surface area contributed by atoms with Crippen LogP contribution in [0.25, 0.3) is 22.6 Å². The Bertz CT molecular complexity index is 1380. The molecule has 0 aliphatic carbocycles. The summed E-state index contributed by atoms with van der Waals surface area (Å²) in [6, 6.07) is 13.3. The average molecular weight is 502 g/mol. The van der Waals surface area contributed by atoms with Gasteiger partial charge in [0.1, 0.15) is 11.3 Å². The van der Waals surface area contributed by atoms with Crippen LogP contribution in [0.5, 0.6) is 11.5 Å². The molecule has 0 saturated heterocycles. The molecule has 3 aromatic carbocycles. The van der Waals surface area contributed by atoms with Crippen LogP contribution in [-0.2, 0) is 0 Å². The van der Waals surface area contributed by atoms with E-state index in [1.54, 1.807) is 12.1 Å². The van der Waals surface area contributed by atoms with E-state index in [4.69, 9.17) is 44.6 Å². The van der Waals surface area contributed by atoms with Gasteiger partial charge in [-0.25, -0.2) is 4.98 Å². The number of carbonyl (C=O) groups excluding carboxylic acids is 1. The molecule has 0 bridgehead atoms. The molecule has 4 rings (SSSR count). The summed E-state index contributed by atoms with van der Waals surface area (Å²) in [5, 5.41) is 16.3. The van der Waals surface area contributed by atoms with Crippen molar-refractivity contribution in [3.8, 4) is 23.0 Å². The number of nitrogens with one attached hydrogen (secondary N) is 2. The third-order valence-electron chi connectivity index (χ3n) is 4.72. The molecular weight excluding hydrogens is 485 g/mol. The minimum absolute atomic E-state index is 0.0209. The zero-order chi connectivity index (χ0) is 23.7. The molecule has 0 unspecified atom stereocenters. The largest absolute Gasteiger partial charge is 0.507 e. The topological polar surface area (TPSA) is 96.6 Å². The third-order valence-corrected chi connectivity index (χ3v) is 5.49. The van der Waals surface area contributed by atoms with Gasteiger partial charge in [-0.2, -0.15) is 0 Å². The predicted molar refractivity (Wildman–Crippen MR) is 133 cm³/mol. The average Bonchev–Trinajstić information content (AvgIpc) is 3.16. The van der Waals surface area contributed by atoms with Crippen molar-refractivity contribution < 1.29 is 19.1 Å². The number of aryl methyl sites for hydroxylation is 1. The molecule has 1 heterocycles. The Morgan fingerprint density at radius 2 is 1.85 bits per heavy atom. The number of hydrogen-bond acceptors (Lipinski definition) is 6. The number of amides is 1. The summed E-state index contributed by atoms with van der Waals surface area (Å²) >= 11 is 17.4. The highest BCUT2D eigenvalue weighted by Crippen LogP contribution is 2.34. The second kappa shape index (κ2) is 9.27. The number of anilines is 1. The Labute approximate surface area is 204 Å². The number of carbonyl (C=O) groups is 1. The van der Waals surface area contributed by atoms with Gasteiger partial charge in [-0.3, -0.25) is 10.1 Å². The number of ether oxygens (including phenoxy) is 1. The second-order valence-corrected chi connectivity index (χ2v) is 8.33. The number of hydrogen-bond donors (Lipinski definition) is 3. The van der Waals surface area contributed by atoms with Crippen LogP contribution in [0.3, 0.4) is 0 Å². The highest BCUT2D eigenvalue weighted by molar-refractivity contribution is 7.80. The molecule has 0 atom stereocenters. The second-order valence-electron chi connectivity index (χ2n) is 7.10. The summed E-state index contributed by atoms with van der Waals surface area (Å²) in [5.41, 5.74) is 3.46. The molecule has 0 spiro atoms. The van der Waals surface area contributed by atoms with Crippen LogP contribution >= 0.6 is 35.4 Å². The van der Waals surface area contributed by atoms with Crippen molar-refractivity contribution in [2.75, 3.05) is 12.4 Å². The summed E-state index contributed by atoms with van der Waals surface area (Å²) in [5.74, 6) is -0.00305. The van der Waals surface area contributed by atoms with E-state index in [1.807, 2.05) is 25.1 Å². The van der Waals surface area contributed by atoms with Crippen LogP contribution in [0.2, 0.25) is 10.0 Å². The number of thiocarbonyl (C=S) groups is 1. The lowest BCUT2D eigenvalue weighted by Crippen LogP contribution is -2.34. The maximum atomic E-state index is 12.5. The van der Waals surface area contributed by atoms with Crippen LogP contribution < -0.4 is 15.4 Å². The lowest BCUT2D eigenvalue weighted by molar-refractivity contribution is 0.0977. The van der Waals surface area contributed by atoms with Gasteiger partial charge in [0.05, 0.1) is 22.7 Å². The Balaban J connectivity index is 1.47.